The van der Waals surface area contributed by atoms with E-state index in [1.165, 1.54) is 11.8 Å². The molecule has 2 aliphatic heterocycles. The lowest BCUT2D eigenvalue weighted by Crippen LogP contribution is -2.37. The minimum Gasteiger partial charge on any atom is -0.497 e. The number of ether oxygens (including phenoxy) is 2. The Morgan fingerprint density at radius 2 is 1.83 bits per heavy atom. The van der Waals surface area contributed by atoms with Gasteiger partial charge in [-0.3, -0.25) is 4.79 Å². The van der Waals surface area contributed by atoms with Gasteiger partial charge in [-0.05, 0) is 29.8 Å². The van der Waals surface area contributed by atoms with E-state index >= 15 is 0 Å². The van der Waals surface area contributed by atoms with Crippen molar-refractivity contribution in [3.8, 4) is 11.5 Å². The Balaban J connectivity index is 1.62. The molecule has 2 atom stereocenters. The second-order valence-corrected chi connectivity index (χ2v) is 10.5. The van der Waals surface area contributed by atoms with Gasteiger partial charge in [-0.2, -0.15) is 4.99 Å². The molecule has 2 heterocycles. The highest BCUT2D eigenvalue weighted by atomic mass is 32.2. The monoisotopic (exact) mass is 446 g/mol. The number of fused-ring (bicyclic) bond motifs is 1. The Hall–Kier alpha value is -2.52. The number of amides is 1. The van der Waals surface area contributed by atoms with E-state index in [9.17, 15) is 13.2 Å². The predicted molar refractivity (Wildman–Crippen MR) is 118 cm³/mol. The maximum atomic E-state index is 12.7. The van der Waals surface area contributed by atoms with Crippen molar-refractivity contribution >= 4 is 38.4 Å². The molecule has 0 bridgehead atoms. The van der Waals surface area contributed by atoms with Crippen LogP contribution in [-0.2, 0) is 21.1 Å². The minimum atomic E-state index is -3.11. The highest BCUT2D eigenvalue weighted by Gasteiger charge is 2.49. The van der Waals surface area contributed by atoms with Crippen LogP contribution in [0.15, 0.2) is 53.5 Å². The fraction of sp³-hybridized carbons (Fsp3) is 0.333. The van der Waals surface area contributed by atoms with Crippen LogP contribution < -0.4 is 14.4 Å². The molecule has 1 amide bonds. The average Bonchev–Trinajstić information content (AvgIpc) is 3.19. The number of anilines is 1. The minimum absolute atomic E-state index is 0.0492. The third kappa shape index (κ3) is 4.32. The number of methoxy groups -OCH3 is 2. The summed E-state index contributed by atoms with van der Waals surface area (Å²) in [6.07, 6.45) is 0.160. The van der Waals surface area contributed by atoms with E-state index in [-0.39, 0.29) is 35.1 Å². The van der Waals surface area contributed by atoms with E-state index in [4.69, 9.17) is 9.47 Å². The predicted octanol–water partition coefficient (Wildman–Crippen LogP) is 2.55. The smallest absolute Gasteiger partial charge is 0.252 e. The summed E-state index contributed by atoms with van der Waals surface area (Å²) in [5.41, 5.74) is 1.60. The van der Waals surface area contributed by atoms with Gasteiger partial charge in [-0.25, -0.2) is 8.42 Å². The molecule has 4 rings (SSSR count). The van der Waals surface area contributed by atoms with Gasteiger partial charge in [0.25, 0.3) is 5.91 Å². The van der Waals surface area contributed by atoms with Crippen LogP contribution in [-0.4, -0.2) is 56.5 Å². The van der Waals surface area contributed by atoms with Gasteiger partial charge in [-0.15, -0.1) is 0 Å². The number of aliphatic imine (C=N–C) groups is 1. The molecule has 0 unspecified atom stereocenters. The molecule has 2 saturated heterocycles. The third-order valence-electron chi connectivity index (χ3n) is 5.13. The average molecular weight is 447 g/mol. The number of amidine groups is 1. The number of nitrogens with zero attached hydrogens (tertiary/aromatic N) is 2. The number of thioether (sulfide) groups is 1. The van der Waals surface area contributed by atoms with Gasteiger partial charge in [0.05, 0.1) is 38.2 Å². The zero-order chi connectivity index (χ0) is 21.3. The highest BCUT2D eigenvalue weighted by molar-refractivity contribution is 8.16. The first-order valence-electron chi connectivity index (χ1n) is 9.43. The molecule has 0 N–H and O–H groups in total. The van der Waals surface area contributed by atoms with Crippen LogP contribution in [0.25, 0.3) is 0 Å². The van der Waals surface area contributed by atoms with Gasteiger partial charge >= 0.3 is 0 Å². The fourth-order valence-electron chi connectivity index (χ4n) is 3.69. The largest absolute Gasteiger partial charge is 0.497 e. The lowest BCUT2D eigenvalue weighted by atomic mass is 10.1. The van der Waals surface area contributed by atoms with E-state index in [0.29, 0.717) is 10.9 Å². The summed E-state index contributed by atoms with van der Waals surface area (Å²) < 4.78 is 34.8. The van der Waals surface area contributed by atoms with Gasteiger partial charge in [0, 0.05) is 17.0 Å². The normalized spacial score (nSPS) is 23.4. The van der Waals surface area contributed by atoms with Crippen molar-refractivity contribution < 1.29 is 22.7 Å². The Morgan fingerprint density at radius 1 is 1.10 bits per heavy atom. The number of carbonyl (C=O) groups is 1. The van der Waals surface area contributed by atoms with Gasteiger partial charge in [-0.1, -0.05) is 30.0 Å². The topological polar surface area (TPSA) is 85.3 Å². The lowest BCUT2D eigenvalue weighted by molar-refractivity contribution is -0.117. The molecule has 2 aromatic carbocycles. The van der Waals surface area contributed by atoms with E-state index in [1.54, 1.807) is 26.4 Å². The quantitative estimate of drug-likeness (QED) is 0.698. The molecular weight excluding hydrogens is 424 g/mol. The van der Waals surface area contributed by atoms with E-state index in [2.05, 4.69) is 4.99 Å². The maximum absolute atomic E-state index is 12.7. The number of rotatable bonds is 5. The zero-order valence-corrected chi connectivity index (χ0v) is 18.3. The van der Waals surface area contributed by atoms with Crippen LogP contribution in [0.5, 0.6) is 11.5 Å². The Labute approximate surface area is 180 Å². The van der Waals surface area contributed by atoms with Crippen molar-refractivity contribution in [2.75, 3.05) is 30.6 Å². The van der Waals surface area contributed by atoms with Crippen molar-refractivity contribution in [3.05, 3.63) is 54.1 Å². The van der Waals surface area contributed by atoms with Crippen LogP contribution in [0.3, 0.4) is 0 Å². The van der Waals surface area contributed by atoms with Gasteiger partial charge < -0.3 is 14.4 Å². The van der Waals surface area contributed by atoms with Crippen molar-refractivity contribution in [1.29, 1.82) is 0 Å². The zero-order valence-electron chi connectivity index (χ0n) is 16.6. The van der Waals surface area contributed by atoms with Crippen molar-refractivity contribution in [2.45, 2.75) is 17.7 Å². The molecule has 0 aromatic heterocycles. The summed E-state index contributed by atoms with van der Waals surface area (Å²) >= 11 is 1.36. The fourth-order valence-corrected chi connectivity index (χ4v) is 7.62. The molecule has 0 radical (unpaired) electrons. The van der Waals surface area contributed by atoms with Gasteiger partial charge in [0.2, 0.25) is 0 Å². The first-order chi connectivity index (χ1) is 14.4. The molecule has 30 heavy (non-hydrogen) atoms. The highest BCUT2D eigenvalue weighted by Crippen LogP contribution is 2.41. The summed E-state index contributed by atoms with van der Waals surface area (Å²) in [4.78, 5) is 18.9. The Kier molecular flexibility index (Phi) is 5.75. The standard InChI is InChI=1S/C21H22N2O5S2/c1-27-16-8-6-14(7-9-16)10-20(24)22-21-23(15-4-3-5-17(11-15)28-2)18-12-30(25,26)13-19(18)29-21/h3-9,11,18-19H,10,12-13H2,1-2H3/t18-,19-/m1/s1. The van der Waals surface area contributed by atoms with Gasteiger partial charge in [0.15, 0.2) is 15.0 Å². The van der Waals surface area contributed by atoms with Crippen LogP contribution >= 0.6 is 11.8 Å². The number of hydrogen-bond acceptors (Lipinski definition) is 6. The summed E-state index contributed by atoms with van der Waals surface area (Å²) in [5.74, 6) is 1.24. The SMILES string of the molecule is COc1ccc(CC(=O)N=C2S[C@@H]3CS(=O)(=O)C[C@H]3N2c2cccc(OC)c2)cc1. The summed E-state index contributed by atoms with van der Waals surface area (Å²) in [6.45, 7) is 0. The maximum Gasteiger partial charge on any atom is 0.252 e. The van der Waals surface area contributed by atoms with Crippen molar-refractivity contribution in [3.63, 3.8) is 0 Å². The summed E-state index contributed by atoms with van der Waals surface area (Å²) in [5, 5.41) is 0.389. The van der Waals surface area contributed by atoms with Crippen LogP contribution in [0.2, 0.25) is 0 Å². The first-order valence-corrected chi connectivity index (χ1v) is 12.1. The van der Waals surface area contributed by atoms with Crippen molar-refractivity contribution in [2.24, 2.45) is 4.99 Å². The number of benzene rings is 2. The van der Waals surface area contributed by atoms with Gasteiger partial charge in [0.1, 0.15) is 11.5 Å². The molecule has 2 fully saturated rings. The number of carbonyl (C=O) groups excluding carboxylic acids is 1. The molecule has 0 saturated carbocycles. The number of sulfone groups is 1. The molecular formula is C21H22N2O5S2. The van der Waals surface area contributed by atoms with Crippen LogP contribution in [0.4, 0.5) is 5.69 Å². The third-order valence-corrected chi connectivity index (χ3v) is 8.34. The molecule has 2 aromatic rings. The first kappa shape index (κ1) is 20.7. The van der Waals surface area contributed by atoms with E-state index in [0.717, 1.165) is 17.0 Å². The second-order valence-electron chi connectivity index (χ2n) is 7.19. The molecule has 7 nitrogen and oxygen atoms in total. The second kappa shape index (κ2) is 8.31. The van der Waals surface area contributed by atoms with Crippen molar-refractivity contribution in [1.82, 2.24) is 0 Å². The lowest BCUT2D eigenvalue weighted by Gasteiger charge is -2.24. The van der Waals surface area contributed by atoms with Crippen LogP contribution in [0, 0.1) is 0 Å². The van der Waals surface area contributed by atoms with E-state index < -0.39 is 9.84 Å². The molecule has 2 aliphatic rings. The summed E-state index contributed by atoms with van der Waals surface area (Å²) in [7, 11) is 0.0537. The number of hydrogen-bond donors (Lipinski definition) is 0. The van der Waals surface area contributed by atoms with E-state index in [1.807, 2.05) is 41.3 Å². The Morgan fingerprint density at radius 3 is 2.53 bits per heavy atom. The molecule has 0 spiro atoms. The van der Waals surface area contributed by atoms with Crippen LogP contribution in [0.1, 0.15) is 5.56 Å². The summed E-state index contributed by atoms with van der Waals surface area (Å²) in [6, 6.07) is 14.4. The molecule has 9 heteroatoms. The molecule has 0 aliphatic carbocycles. The Bertz CT molecular complexity index is 1080. The molecule has 158 valence electrons.